The monoisotopic (exact) mass is 174 g/mol. The van der Waals surface area contributed by atoms with Crippen LogP contribution >= 0.6 is 0 Å². The Morgan fingerprint density at radius 1 is 1.17 bits per heavy atom. The standard InChI is InChI=1S/C10H22O2/c1-3-4-5-6-7-8-12-10(2)9-11/h10-11H,3-9H2,1-2H3. The molecule has 0 aromatic carbocycles. The summed E-state index contributed by atoms with van der Waals surface area (Å²) in [6, 6.07) is 0. The molecule has 0 saturated carbocycles. The second kappa shape index (κ2) is 9.01. The van der Waals surface area contributed by atoms with Gasteiger partial charge in [0.25, 0.3) is 0 Å². The third-order valence-electron chi connectivity index (χ3n) is 1.91. The highest BCUT2D eigenvalue weighted by atomic mass is 16.5. The smallest absolute Gasteiger partial charge is 0.0777 e. The van der Waals surface area contributed by atoms with Gasteiger partial charge in [-0.05, 0) is 13.3 Å². The summed E-state index contributed by atoms with van der Waals surface area (Å²) in [5, 5.41) is 8.65. The molecule has 0 heterocycles. The highest BCUT2D eigenvalue weighted by Gasteiger charge is 1.97. The van der Waals surface area contributed by atoms with Gasteiger partial charge in [0.05, 0.1) is 12.7 Å². The fourth-order valence-corrected chi connectivity index (χ4v) is 1.04. The predicted octanol–water partition coefficient (Wildman–Crippen LogP) is 2.35. The normalized spacial score (nSPS) is 13.2. The Kier molecular flexibility index (Phi) is 8.95. The Labute approximate surface area is 75.9 Å². The molecule has 0 fully saturated rings. The fraction of sp³-hybridized carbons (Fsp3) is 1.00. The SMILES string of the molecule is CCCCCCCOC(C)CO. The van der Waals surface area contributed by atoms with Crippen LogP contribution in [0.3, 0.4) is 0 Å². The molecule has 0 aliphatic rings. The highest BCUT2D eigenvalue weighted by Crippen LogP contribution is 2.03. The molecule has 1 N–H and O–H groups in total. The van der Waals surface area contributed by atoms with Crippen LogP contribution in [0.15, 0.2) is 0 Å². The number of unbranched alkanes of at least 4 members (excludes halogenated alkanes) is 4. The van der Waals surface area contributed by atoms with Crippen molar-refractivity contribution < 1.29 is 9.84 Å². The first-order valence-corrected chi connectivity index (χ1v) is 5.03. The van der Waals surface area contributed by atoms with Gasteiger partial charge in [-0.15, -0.1) is 0 Å². The highest BCUT2D eigenvalue weighted by molar-refractivity contribution is 4.46. The lowest BCUT2D eigenvalue weighted by atomic mass is 10.2. The van der Waals surface area contributed by atoms with Crippen molar-refractivity contribution in [2.45, 2.75) is 52.1 Å². The Bertz CT molecular complexity index is 83.9. The van der Waals surface area contributed by atoms with Crippen molar-refractivity contribution in [3.63, 3.8) is 0 Å². The first-order chi connectivity index (χ1) is 5.81. The Hall–Kier alpha value is -0.0800. The van der Waals surface area contributed by atoms with Crippen molar-refractivity contribution in [1.29, 1.82) is 0 Å². The van der Waals surface area contributed by atoms with E-state index in [-0.39, 0.29) is 12.7 Å². The van der Waals surface area contributed by atoms with E-state index in [0.717, 1.165) is 13.0 Å². The summed E-state index contributed by atoms with van der Waals surface area (Å²) in [7, 11) is 0. The molecule has 2 heteroatoms. The second-order valence-corrected chi connectivity index (χ2v) is 3.28. The minimum absolute atomic E-state index is 0.0103. The van der Waals surface area contributed by atoms with Crippen LogP contribution < -0.4 is 0 Å². The van der Waals surface area contributed by atoms with E-state index in [0.29, 0.717) is 0 Å². The van der Waals surface area contributed by atoms with E-state index in [9.17, 15) is 0 Å². The zero-order valence-corrected chi connectivity index (χ0v) is 8.38. The van der Waals surface area contributed by atoms with E-state index in [1.165, 1.54) is 25.7 Å². The molecule has 0 spiro atoms. The molecule has 0 radical (unpaired) electrons. The van der Waals surface area contributed by atoms with Crippen molar-refractivity contribution >= 4 is 0 Å². The van der Waals surface area contributed by atoms with Gasteiger partial charge < -0.3 is 9.84 Å². The zero-order valence-electron chi connectivity index (χ0n) is 8.38. The number of aliphatic hydroxyl groups excluding tert-OH is 1. The van der Waals surface area contributed by atoms with Crippen LogP contribution in [-0.4, -0.2) is 24.4 Å². The van der Waals surface area contributed by atoms with E-state index in [2.05, 4.69) is 6.92 Å². The molecule has 0 rings (SSSR count). The van der Waals surface area contributed by atoms with Crippen LogP contribution in [0.2, 0.25) is 0 Å². The molecular formula is C10H22O2. The summed E-state index contributed by atoms with van der Waals surface area (Å²) in [6.07, 6.45) is 6.32. The van der Waals surface area contributed by atoms with E-state index in [4.69, 9.17) is 9.84 Å². The van der Waals surface area contributed by atoms with E-state index < -0.39 is 0 Å². The molecule has 12 heavy (non-hydrogen) atoms. The van der Waals surface area contributed by atoms with Gasteiger partial charge in [0.2, 0.25) is 0 Å². The van der Waals surface area contributed by atoms with Gasteiger partial charge in [-0.1, -0.05) is 32.6 Å². The van der Waals surface area contributed by atoms with Gasteiger partial charge >= 0.3 is 0 Å². The van der Waals surface area contributed by atoms with Crippen LogP contribution in [0, 0.1) is 0 Å². The van der Waals surface area contributed by atoms with E-state index >= 15 is 0 Å². The lowest BCUT2D eigenvalue weighted by molar-refractivity contribution is 0.0231. The topological polar surface area (TPSA) is 29.5 Å². The summed E-state index contributed by atoms with van der Waals surface area (Å²) >= 11 is 0. The largest absolute Gasteiger partial charge is 0.394 e. The molecule has 0 aliphatic carbocycles. The Balaban J connectivity index is 2.90. The van der Waals surface area contributed by atoms with E-state index in [1.54, 1.807) is 0 Å². The quantitative estimate of drug-likeness (QED) is 0.572. The van der Waals surface area contributed by atoms with Crippen LogP contribution in [0.5, 0.6) is 0 Å². The summed E-state index contributed by atoms with van der Waals surface area (Å²) in [4.78, 5) is 0. The third kappa shape index (κ3) is 8.02. The number of hydrogen-bond donors (Lipinski definition) is 1. The molecule has 1 unspecified atom stereocenters. The van der Waals surface area contributed by atoms with Crippen LogP contribution in [-0.2, 0) is 4.74 Å². The van der Waals surface area contributed by atoms with Crippen molar-refractivity contribution in [1.82, 2.24) is 0 Å². The minimum Gasteiger partial charge on any atom is -0.394 e. The van der Waals surface area contributed by atoms with Gasteiger partial charge in [0, 0.05) is 6.61 Å². The molecule has 0 amide bonds. The first-order valence-electron chi connectivity index (χ1n) is 5.03. The predicted molar refractivity (Wildman–Crippen MR) is 51.3 cm³/mol. The maximum atomic E-state index is 8.65. The van der Waals surface area contributed by atoms with Gasteiger partial charge in [-0.25, -0.2) is 0 Å². The molecular weight excluding hydrogens is 152 g/mol. The Morgan fingerprint density at radius 3 is 2.42 bits per heavy atom. The Morgan fingerprint density at radius 2 is 1.83 bits per heavy atom. The molecule has 0 aromatic heterocycles. The molecule has 2 nitrogen and oxygen atoms in total. The lowest BCUT2D eigenvalue weighted by Gasteiger charge is -2.08. The molecule has 0 aromatic rings. The van der Waals surface area contributed by atoms with Gasteiger partial charge in [0.1, 0.15) is 0 Å². The molecule has 74 valence electrons. The summed E-state index contributed by atoms with van der Waals surface area (Å²) < 4.78 is 5.32. The minimum atomic E-state index is 0.0103. The number of hydrogen-bond acceptors (Lipinski definition) is 2. The average Bonchev–Trinajstić information content (AvgIpc) is 2.10. The first kappa shape index (κ1) is 11.9. The molecule has 0 bridgehead atoms. The second-order valence-electron chi connectivity index (χ2n) is 3.28. The lowest BCUT2D eigenvalue weighted by Crippen LogP contribution is -2.13. The number of ether oxygens (including phenoxy) is 1. The fourth-order valence-electron chi connectivity index (χ4n) is 1.04. The van der Waals surface area contributed by atoms with Crippen molar-refractivity contribution in [3.05, 3.63) is 0 Å². The average molecular weight is 174 g/mol. The summed E-state index contributed by atoms with van der Waals surface area (Å²) in [5.74, 6) is 0. The van der Waals surface area contributed by atoms with Crippen LogP contribution in [0.25, 0.3) is 0 Å². The van der Waals surface area contributed by atoms with Crippen LogP contribution in [0.1, 0.15) is 46.0 Å². The maximum absolute atomic E-state index is 8.65. The number of aliphatic hydroxyl groups is 1. The summed E-state index contributed by atoms with van der Waals surface area (Å²) in [5.41, 5.74) is 0. The van der Waals surface area contributed by atoms with Crippen molar-refractivity contribution in [2.75, 3.05) is 13.2 Å². The van der Waals surface area contributed by atoms with Gasteiger partial charge in [0.15, 0.2) is 0 Å². The van der Waals surface area contributed by atoms with Crippen LogP contribution in [0.4, 0.5) is 0 Å². The summed E-state index contributed by atoms with van der Waals surface area (Å²) in [6.45, 7) is 5.04. The maximum Gasteiger partial charge on any atom is 0.0777 e. The van der Waals surface area contributed by atoms with Crippen molar-refractivity contribution in [2.24, 2.45) is 0 Å². The zero-order chi connectivity index (χ0) is 9.23. The number of rotatable bonds is 8. The molecule has 0 saturated heterocycles. The molecule has 1 atom stereocenters. The third-order valence-corrected chi connectivity index (χ3v) is 1.91. The van der Waals surface area contributed by atoms with E-state index in [1.807, 2.05) is 6.92 Å². The van der Waals surface area contributed by atoms with Gasteiger partial charge in [-0.3, -0.25) is 0 Å². The molecule has 0 aliphatic heterocycles. The van der Waals surface area contributed by atoms with Crippen molar-refractivity contribution in [3.8, 4) is 0 Å². The van der Waals surface area contributed by atoms with Gasteiger partial charge in [-0.2, -0.15) is 0 Å².